The van der Waals surface area contributed by atoms with E-state index in [-0.39, 0.29) is 39.3 Å². The number of unbranched alkanes of at least 4 members (excludes halogenated alkanes) is 1. The van der Waals surface area contributed by atoms with Gasteiger partial charge in [-0.25, -0.2) is 4.79 Å². The molecule has 9 nitrogen and oxygen atoms in total. The maximum Gasteiger partial charge on any atom is 0.339 e. The van der Waals surface area contributed by atoms with E-state index in [0.717, 1.165) is 11.3 Å². The Balaban J connectivity index is 1.67. The number of carbonyl (C=O) groups is 4. The molecular formula is C25H25ClN2O7S. The number of phenols is 1. The van der Waals surface area contributed by atoms with E-state index in [2.05, 4.69) is 5.32 Å². The summed E-state index contributed by atoms with van der Waals surface area (Å²) >= 11 is 6.80. The molecule has 0 unspecified atom stereocenters. The number of nitrogens with one attached hydrogen (secondary N) is 1. The van der Waals surface area contributed by atoms with Gasteiger partial charge >= 0.3 is 5.97 Å². The molecule has 1 fully saturated rings. The first-order chi connectivity index (χ1) is 17.2. The normalized spacial score (nSPS) is 14.3. The maximum absolute atomic E-state index is 12.8. The average molecular weight is 533 g/mol. The van der Waals surface area contributed by atoms with Crippen LogP contribution in [0.2, 0.25) is 5.02 Å². The summed E-state index contributed by atoms with van der Waals surface area (Å²) in [7, 11) is 0. The fraction of sp³-hybridized carbons (Fsp3) is 0.280. The SMILES string of the molecule is CCCCOC(=O)c1cc(NC(=O)CN2C(=O)S/C(=C/c3ccc(O)c(OCC)c3)C2=O)ccc1Cl. The fourth-order valence-corrected chi connectivity index (χ4v) is 4.20. The van der Waals surface area contributed by atoms with Crippen LogP contribution in [0.3, 0.4) is 0 Å². The summed E-state index contributed by atoms with van der Waals surface area (Å²) in [6.07, 6.45) is 3.07. The molecule has 190 valence electrons. The van der Waals surface area contributed by atoms with E-state index in [4.69, 9.17) is 21.1 Å². The van der Waals surface area contributed by atoms with Crippen molar-refractivity contribution in [3.63, 3.8) is 0 Å². The number of esters is 1. The summed E-state index contributed by atoms with van der Waals surface area (Å²) in [5.41, 5.74) is 0.910. The Labute approximate surface area is 217 Å². The van der Waals surface area contributed by atoms with Gasteiger partial charge in [-0.3, -0.25) is 19.3 Å². The minimum absolute atomic E-state index is 0.0432. The van der Waals surface area contributed by atoms with Crippen molar-refractivity contribution in [3.05, 3.63) is 57.5 Å². The number of benzene rings is 2. The van der Waals surface area contributed by atoms with Crippen LogP contribution in [0, 0.1) is 0 Å². The zero-order valence-electron chi connectivity index (χ0n) is 19.7. The average Bonchev–Trinajstić information content (AvgIpc) is 3.09. The van der Waals surface area contributed by atoms with Gasteiger partial charge in [0.2, 0.25) is 5.91 Å². The van der Waals surface area contributed by atoms with Crippen LogP contribution in [0.15, 0.2) is 41.3 Å². The molecule has 0 aromatic heterocycles. The third kappa shape index (κ3) is 6.79. The van der Waals surface area contributed by atoms with Gasteiger partial charge in [-0.2, -0.15) is 0 Å². The number of hydrogen-bond acceptors (Lipinski definition) is 8. The molecule has 0 saturated carbocycles. The molecule has 1 aliphatic heterocycles. The third-order valence-corrected chi connectivity index (χ3v) is 6.19. The molecule has 0 radical (unpaired) electrons. The van der Waals surface area contributed by atoms with Gasteiger partial charge in [0.1, 0.15) is 6.54 Å². The van der Waals surface area contributed by atoms with Gasteiger partial charge in [0.25, 0.3) is 11.1 Å². The number of rotatable bonds is 10. The van der Waals surface area contributed by atoms with Gasteiger partial charge in [-0.15, -0.1) is 0 Å². The number of halogens is 1. The molecule has 2 aromatic rings. The Bertz CT molecular complexity index is 1210. The van der Waals surface area contributed by atoms with Gasteiger partial charge in [0, 0.05) is 5.69 Å². The van der Waals surface area contributed by atoms with Crippen LogP contribution in [0.25, 0.3) is 6.08 Å². The molecule has 0 aliphatic carbocycles. The molecule has 11 heteroatoms. The third-order valence-electron chi connectivity index (χ3n) is 4.96. The quantitative estimate of drug-likeness (QED) is 0.247. The molecule has 0 bridgehead atoms. The second kappa shape index (κ2) is 12.5. The highest BCUT2D eigenvalue weighted by molar-refractivity contribution is 8.18. The predicted molar refractivity (Wildman–Crippen MR) is 137 cm³/mol. The summed E-state index contributed by atoms with van der Waals surface area (Å²) in [5.74, 6) is -1.65. The smallest absolute Gasteiger partial charge is 0.339 e. The molecule has 1 aliphatic rings. The monoisotopic (exact) mass is 532 g/mol. The van der Waals surface area contributed by atoms with Crippen molar-refractivity contribution < 1.29 is 33.8 Å². The number of carbonyl (C=O) groups excluding carboxylic acids is 4. The maximum atomic E-state index is 12.8. The summed E-state index contributed by atoms with van der Waals surface area (Å²) < 4.78 is 10.5. The summed E-state index contributed by atoms with van der Waals surface area (Å²) in [5, 5.41) is 12.0. The Morgan fingerprint density at radius 3 is 2.67 bits per heavy atom. The second-order valence-corrected chi connectivity index (χ2v) is 9.06. The van der Waals surface area contributed by atoms with E-state index in [9.17, 15) is 24.3 Å². The molecule has 1 heterocycles. The number of ether oxygens (including phenoxy) is 2. The molecule has 0 atom stereocenters. The zero-order valence-corrected chi connectivity index (χ0v) is 21.3. The van der Waals surface area contributed by atoms with Gasteiger partial charge in [0.05, 0.1) is 28.7 Å². The first-order valence-electron chi connectivity index (χ1n) is 11.2. The minimum atomic E-state index is -0.630. The van der Waals surface area contributed by atoms with Crippen LogP contribution in [0.5, 0.6) is 11.5 Å². The van der Waals surface area contributed by atoms with Crippen LogP contribution in [0.1, 0.15) is 42.6 Å². The first kappa shape index (κ1) is 27.1. The predicted octanol–water partition coefficient (Wildman–Crippen LogP) is 5.08. The van der Waals surface area contributed by atoms with Gasteiger partial charge in [-0.1, -0.05) is 31.0 Å². The van der Waals surface area contributed by atoms with E-state index in [1.165, 1.54) is 30.3 Å². The molecule has 3 amide bonds. The first-order valence-corrected chi connectivity index (χ1v) is 12.4. The number of thioether (sulfide) groups is 1. The lowest BCUT2D eigenvalue weighted by atomic mass is 10.2. The van der Waals surface area contributed by atoms with E-state index >= 15 is 0 Å². The Morgan fingerprint density at radius 2 is 1.94 bits per heavy atom. The van der Waals surface area contributed by atoms with Crippen molar-refractivity contribution in [1.29, 1.82) is 0 Å². The Morgan fingerprint density at radius 1 is 1.17 bits per heavy atom. The lowest BCUT2D eigenvalue weighted by molar-refractivity contribution is -0.127. The van der Waals surface area contributed by atoms with Crippen molar-refractivity contribution in [2.45, 2.75) is 26.7 Å². The second-order valence-electron chi connectivity index (χ2n) is 7.66. The summed E-state index contributed by atoms with van der Waals surface area (Å²) in [6, 6.07) is 8.87. The van der Waals surface area contributed by atoms with Gasteiger partial charge in [0.15, 0.2) is 11.5 Å². The molecule has 2 aromatic carbocycles. The number of phenolic OH excluding ortho intramolecular Hbond substituents is 1. The van der Waals surface area contributed by atoms with E-state index in [0.29, 0.717) is 30.4 Å². The molecule has 2 N–H and O–H groups in total. The van der Waals surface area contributed by atoms with Crippen LogP contribution >= 0.6 is 23.4 Å². The largest absolute Gasteiger partial charge is 0.504 e. The van der Waals surface area contributed by atoms with E-state index < -0.39 is 29.6 Å². The van der Waals surface area contributed by atoms with Crippen LogP contribution in [-0.2, 0) is 14.3 Å². The number of hydrogen-bond donors (Lipinski definition) is 2. The molecule has 1 saturated heterocycles. The summed E-state index contributed by atoms with van der Waals surface area (Å²) in [6.45, 7) is 3.83. The molecular weight excluding hydrogens is 508 g/mol. The van der Waals surface area contributed by atoms with Crippen LogP contribution in [0.4, 0.5) is 10.5 Å². The standard InChI is InChI=1S/C25H25ClN2O7S/c1-3-5-10-35-24(32)17-13-16(7-8-18(17)26)27-22(30)14-28-23(31)21(36-25(28)33)12-15-6-9-19(29)20(11-15)34-4-2/h6-9,11-13,29H,3-5,10,14H2,1-2H3,(H,27,30)/b21-12+. The summed E-state index contributed by atoms with van der Waals surface area (Å²) in [4.78, 5) is 51.0. The molecule has 36 heavy (non-hydrogen) atoms. The van der Waals surface area contributed by atoms with E-state index in [1.54, 1.807) is 19.1 Å². The Hall–Kier alpha value is -3.50. The number of amides is 3. The topological polar surface area (TPSA) is 122 Å². The van der Waals surface area contributed by atoms with Crippen molar-refractivity contribution in [2.75, 3.05) is 25.1 Å². The van der Waals surface area contributed by atoms with Crippen molar-refractivity contribution in [3.8, 4) is 11.5 Å². The van der Waals surface area contributed by atoms with Crippen molar-refractivity contribution in [2.24, 2.45) is 0 Å². The van der Waals surface area contributed by atoms with Crippen molar-refractivity contribution >= 4 is 58.1 Å². The molecule has 3 rings (SSSR count). The van der Waals surface area contributed by atoms with Crippen LogP contribution < -0.4 is 10.1 Å². The van der Waals surface area contributed by atoms with Gasteiger partial charge < -0.3 is 19.9 Å². The van der Waals surface area contributed by atoms with E-state index in [1.807, 2.05) is 6.92 Å². The number of anilines is 1. The minimum Gasteiger partial charge on any atom is -0.504 e. The number of imide groups is 1. The number of nitrogens with zero attached hydrogens (tertiary/aromatic N) is 1. The lowest BCUT2D eigenvalue weighted by Gasteiger charge is -2.13. The zero-order chi connectivity index (χ0) is 26.2. The highest BCUT2D eigenvalue weighted by Crippen LogP contribution is 2.34. The highest BCUT2D eigenvalue weighted by Gasteiger charge is 2.36. The lowest BCUT2D eigenvalue weighted by Crippen LogP contribution is -2.36. The highest BCUT2D eigenvalue weighted by atomic mass is 35.5. The number of aromatic hydroxyl groups is 1. The Kier molecular flexibility index (Phi) is 9.38. The fourth-order valence-electron chi connectivity index (χ4n) is 3.17. The molecule has 0 spiro atoms. The van der Waals surface area contributed by atoms with Crippen molar-refractivity contribution in [1.82, 2.24) is 4.90 Å². The van der Waals surface area contributed by atoms with Gasteiger partial charge in [-0.05, 0) is 67.1 Å². The van der Waals surface area contributed by atoms with Crippen LogP contribution in [-0.4, -0.2) is 52.8 Å².